The van der Waals surface area contributed by atoms with Crippen molar-refractivity contribution in [2.75, 3.05) is 18.8 Å². The van der Waals surface area contributed by atoms with Gasteiger partial charge in [-0.1, -0.05) is 12.6 Å². The van der Waals surface area contributed by atoms with Crippen molar-refractivity contribution >= 4 is 22.9 Å². The van der Waals surface area contributed by atoms with Crippen LogP contribution in [0.1, 0.15) is 24.0 Å². The fraction of sp³-hybridized carbons (Fsp3) is 0.258. The average molecular weight is 566 g/mol. The molecule has 1 fully saturated rings. The Morgan fingerprint density at radius 2 is 1.93 bits per heavy atom. The van der Waals surface area contributed by atoms with Crippen LogP contribution in [0.5, 0.6) is 0 Å². The summed E-state index contributed by atoms with van der Waals surface area (Å²) < 4.78 is 16.8. The zero-order chi connectivity index (χ0) is 29.2. The second-order valence-electron chi connectivity index (χ2n) is 10.4. The average Bonchev–Trinajstić information content (AvgIpc) is 3.78. The van der Waals surface area contributed by atoms with E-state index >= 15 is 0 Å². The van der Waals surface area contributed by atoms with Crippen molar-refractivity contribution in [3.8, 4) is 22.9 Å². The summed E-state index contributed by atoms with van der Waals surface area (Å²) in [7, 11) is 0. The molecule has 11 heteroatoms. The van der Waals surface area contributed by atoms with Gasteiger partial charge < -0.3 is 16.4 Å². The van der Waals surface area contributed by atoms with Gasteiger partial charge in [0.15, 0.2) is 17.3 Å². The quantitative estimate of drug-likeness (QED) is 0.317. The number of anilines is 1. The maximum atomic E-state index is 13.0. The number of hydrogen-bond donors (Lipinski definition) is 2. The molecule has 214 valence electrons. The maximum Gasteiger partial charge on any atom is 0.246 e. The third-order valence-electron chi connectivity index (χ3n) is 7.73. The molecule has 2 atom stereocenters. The first-order valence-electron chi connectivity index (χ1n) is 14.0. The number of benzene rings is 1. The number of rotatable bonds is 4. The molecule has 5 aromatic rings. The molecule has 10 nitrogen and oxygen atoms in total. The number of fused-ring (bicyclic) bond motifs is 2. The first kappa shape index (κ1) is 27.3. The molecule has 1 saturated heterocycles. The molecule has 7 rings (SSSR count). The summed E-state index contributed by atoms with van der Waals surface area (Å²) in [5.41, 5.74) is 17.9. The molecular formula is C31H32FN9O. The fourth-order valence-electron chi connectivity index (χ4n) is 5.46. The van der Waals surface area contributed by atoms with Gasteiger partial charge in [0.05, 0.1) is 12.1 Å². The number of amides is 1. The minimum atomic E-state index is -1.09. The van der Waals surface area contributed by atoms with E-state index in [0.29, 0.717) is 18.8 Å². The topological polar surface area (TPSA) is 134 Å². The number of imidazole rings is 1. The molecule has 0 saturated carbocycles. The van der Waals surface area contributed by atoms with E-state index in [0.717, 1.165) is 46.9 Å². The highest BCUT2D eigenvalue weighted by atomic mass is 19.1. The summed E-state index contributed by atoms with van der Waals surface area (Å²) in [6.45, 7) is 3.97. The zero-order valence-electron chi connectivity index (χ0n) is 23.1. The fourth-order valence-corrected chi connectivity index (χ4v) is 5.46. The maximum absolute atomic E-state index is 13.0. The van der Waals surface area contributed by atoms with Crippen LogP contribution < -0.4 is 11.5 Å². The number of pyridine rings is 2. The lowest BCUT2D eigenvalue weighted by molar-refractivity contribution is -0.128. The lowest BCUT2D eigenvalue weighted by atomic mass is 10.0. The van der Waals surface area contributed by atoms with Crippen molar-refractivity contribution in [2.24, 2.45) is 5.73 Å². The Hall–Kier alpha value is -4.90. The highest BCUT2D eigenvalue weighted by molar-refractivity contribution is 5.87. The SMILES string of the molecule is C=CC(=O)N1CCC(N)C(F)C1.Nc1ncccc1-c1nc2ccc(-n3cccn3)nc2n1-c1ccc2c(c1)CCC2. The van der Waals surface area contributed by atoms with E-state index in [9.17, 15) is 9.18 Å². The van der Waals surface area contributed by atoms with Crippen molar-refractivity contribution in [1.29, 1.82) is 0 Å². The molecule has 4 N–H and O–H groups in total. The summed E-state index contributed by atoms with van der Waals surface area (Å²) in [6.07, 6.45) is 9.39. The minimum Gasteiger partial charge on any atom is -0.383 e. The normalized spacial score (nSPS) is 17.9. The monoisotopic (exact) mass is 565 g/mol. The minimum absolute atomic E-state index is 0.103. The molecule has 4 aromatic heterocycles. The van der Waals surface area contributed by atoms with Crippen molar-refractivity contribution < 1.29 is 9.18 Å². The van der Waals surface area contributed by atoms with Crippen LogP contribution in [0.3, 0.4) is 0 Å². The van der Waals surface area contributed by atoms with Crippen LogP contribution in [-0.4, -0.2) is 65.4 Å². The van der Waals surface area contributed by atoms with Crippen LogP contribution in [-0.2, 0) is 17.6 Å². The number of aromatic nitrogens is 6. The largest absolute Gasteiger partial charge is 0.383 e. The number of piperidine rings is 1. The van der Waals surface area contributed by atoms with E-state index in [1.807, 2.05) is 36.5 Å². The van der Waals surface area contributed by atoms with Crippen LogP contribution >= 0.6 is 0 Å². The third kappa shape index (κ3) is 5.26. The van der Waals surface area contributed by atoms with E-state index < -0.39 is 12.2 Å². The summed E-state index contributed by atoms with van der Waals surface area (Å²) >= 11 is 0. The zero-order valence-corrected chi connectivity index (χ0v) is 23.1. The van der Waals surface area contributed by atoms with Gasteiger partial charge in [0.2, 0.25) is 5.91 Å². The second kappa shape index (κ2) is 11.5. The Morgan fingerprint density at radius 1 is 1.07 bits per heavy atom. The van der Waals surface area contributed by atoms with Crippen molar-refractivity contribution in [3.63, 3.8) is 0 Å². The molecule has 1 amide bonds. The first-order chi connectivity index (χ1) is 20.4. The standard InChI is InChI=1S/C23H19N7.C8H13FN2O/c24-21-18(6-2-11-25-21)22-27-19-9-10-20(29-13-3-12-26-29)28-23(19)30(22)17-8-7-15-4-1-5-16(15)14-17;1-2-8(12)11-4-3-7(10)6(9)5-11/h2-3,6-14H,1,4-5H2,(H2,24,25);2,6-7H,1,3-5,10H2. The number of aryl methyl sites for hydroxylation is 2. The Bertz CT molecular complexity index is 1750. The number of nitrogens with two attached hydrogens (primary N) is 2. The van der Waals surface area contributed by atoms with Gasteiger partial charge in [-0.2, -0.15) is 5.10 Å². The summed E-state index contributed by atoms with van der Waals surface area (Å²) in [6, 6.07) is 15.8. The van der Waals surface area contributed by atoms with Crippen LogP contribution in [0, 0.1) is 0 Å². The van der Waals surface area contributed by atoms with E-state index in [4.69, 9.17) is 21.4 Å². The lowest BCUT2D eigenvalue weighted by Gasteiger charge is -2.32. The Balaban J connectivity index is 0.000000223. The predicted octanol–water partition coefficient (Wildman–Crippen LogP) is 3.81. The Labute approximate surface area is 242 Å². The molecular weight excluding hydrogens is 533 g/mol. The van der Waals surface area contributed by atoms with Crippen LogP contribution in [0.4, 0.5) is 10.2 Å². The number of hydrogen-bond acceptors (Lipinski definition) is 7. The van der Waals surface area contributed by atoms with Gasteiger partial charge in [0.25, 0.3) is 0 Å². The number of nitrogen functional groups attached to an aromatic ring is 1. The van der Waals surface area contributed by atoms with E-state index in [-0.39, 0.29) is 12.5 Å². The molecule has 1 aliphatic carbocycles. The van der Waals surface area contributed by atoms with E-state index in [1.165, 1.54) is 28.5 Å². The summed E-state index contributed by atoms with van der Waals surface area (Å²) in [4.78, 5) is 26.5. The molecule has 42 heavy (non-hydrogen) atoms. The highest BCUT2D eigenvalue weighted by Gasteiger charge is 2.27. The predicted molar refractivity (Wildman–Crippen MR) is 160 cm³/mol. The number of carbonyl (C=O) groups excluding carboxylic acids is 1. The van der Waals surface area contributed by atoms with Crippen LogP contribution in [0.25, 0.3) is 34.1 Å². The molecule has 2 unspecified atom stereocenters. The van der Waals surface area contributed by atoms with E-state index in [2.05, 4.69) is 39.4 Å². The number of halogens is 1. The van der Waals surface area contributed by atoms with Gasteiger partial charge in [-0.3, -0.25) is 9.36 Å². The molecule has 5 heterocycles. The van der Waals surface area contributed by atoms with Gasteiger partial charge >= 0.3 is 0 Å². The van der Waals surface area contributed by atoms with E-state index in [1.54, 1.807) is 17.1 Å². The molecule has 0 radical (unpaired) electrons. The van der Waals surface area contributed by atoms with Crippen molar-refractivity contribution in [1.82, 2.24) is 34.2 Å². The van der Waals surface area contributed by atoms with Crippen LogP contribution in [0.15, 0.2) is 79.8 Å². The molecule has 0 spiro atoms. The number of alkyl halides is 1. The van der Waals surface area contributed by atoms with Gasteiger partial charge in [-0.25, -0.2) is 24.0 Å². The number of likely N-dealkylation sites (tertiary alicyclic amines) is 1. The molecule has 1 aliphatic heterocycles. The Morgan fingerprint density at radius 3 is 2.69 bits per heavy atom. The van der Waals surface area contributed by atoms with Gasteiger partial charge in [0.1, 0.15) is 17.5 Å². The van der Waals surface area contributed by atoms with Gasteiger partial charge in [-0.05, 0) is 85.4 Å². The molecule has 0 bridgehead atoms. The first-order valence-corrected chi connectivity index (χ1v) is 14.0. The third-order valence-corrected chi connectivity index (χ3v) is 7.73. The Kier molecular flexibility index (Phi) is 7.49. The molecule has 2 aliphatic rings. The van der Waals surface area contributed by atoms with Gasteiger partial charge in [-0.15, -0.1) is 0 Å². The van der Waals surface area contributed by atoms with Crippen LogP contribution in [0.2, 0.25) is 0 Å². The summed E-state index contributed by atoms with van der Waals surface area (Å²) in [5.74, 6) is 1.70. The lowest BCUT2D eigenvalue weighted by Crippen LogP contribution is -2.50. The number of nitrogens with zero attached hydrogens (tertiary/aromatic N) is 7. The van der Waals surface area contributed by atoms with Crippen molar-refractivity contribution in [3.05, 3.63) is 90.9 Å². The van der Waals surface area contributed by atoms with Crippen molar-refractivity contribution in [2.45, 2.75) is 37.9 Å². The molecule has 1 aromatic carbocycles. The highest BCUT2D eigenvalue weighted by Crippen LogP contribution is 2.32. The second-order valence-corrected chi connectivity index (χ2v) is 10.4. The number of carbonyl (C=O) groups is 1. The van der Waals surface area contributed by atoms with Gasteiger partial charge in [0, 0.05) is 36.9 Å². The smallest absolute Gasteiger partial charge is 0.246 e. The summed E-state index contributed by atoms with van der Waals surface area (Å²) in [5, 5.41) is 4.32.